The van der Waals surface area contributed by atoms with Gasteiger partial charge in [-0.3, -0.25) is 4.79 Å². The van der Waals surface area contributed by atoms with E-state index in [0.29, 0.717) is 37.1 Å². The van der Waals surface area contributed by atoms with Gasteiger partial charge in [-0.25, -0.2) is 4.98 Å². The van der Waals surface area contributed by atoms with Gasteiger partial charge in [0.15, 0.2) is 12.4 Å². The van der Waals surface area contributed by atoms with E-state index in [1.807, 2.05) is 30.3 Å². The summed E-state index contributed by atoms with van der Waals surface area (Å²) in [6, 6.07) is 12.7. The first-order chi connectivity index (χ1) is 12.7. The molecule has 0 saturated carbocycles. The van der Waals surface area contributed by atoms with E-state index in [0.717, 1.165) is 11.4 Å². The zero-order valence-electron chi connectivity index (χ0n) is 14.3. The summed E-state index contributed by atoms with van der Waals surface area (Å²) < 4.78 is 21.8. The first kappa shape index (κ1) is 16.3. The topological polar surface area (TPSA) is 77.9 Å². The maximum absolute atomic E-state index is 12.5. The third-order valence-electron chi connectivity index (χ3n) is 4.16. The lowest BCUT2D eigenvalue weighted by Crippen LogP contribution is -2.35. The molecule has 1 amide bonds. The molecule has 26 heavy (non-hydrogen) atoms. The van der Waals surface area contributed by atoms with Crippen LogP contribution >= 0.6 is 0 Å². The number of para-hydroxylation sites is 1. The molecule has 0 bridgehead atoms. The van der Waals surface area contributed by atoms with Gasteiger partial charge in [0.1, 0.15) is 11.5 Å². The van der Waals surface area contributed by atoms with Gasteiger partial charge >= 0.3 is 0 Å². The quantitative estimate of drug-likeness (QED) is 0.701. The van der Waals surface area contributed by atoms with Gasteiger partial charge in [0.2, 0.25) is 5.89 Å². The van der Waals surface area contributed by atoms with E-state index in [1.54, 1.807) is 17.0 Å². The highest BCUT2D eigenvalue weighted by Crippen LogP contribution is 2.24. The van der Waals surface area contributed by atoms with Gasteiger partial charge in [-0.2, -0.15) is 0 Å². The number of carbonyl (C=O) groups excluding carboxylic acids is 1. The molecular weight excluding hydrogens is 336 g/mol. The molecule has 0 unspecified atom stereocenters. The van der Waals surface area contributed by atoms with E-state index < -0.39 is 0 Å². The number of aromatic nitrogens is 1. The van der Waals surface area contributed by atoms with Gasteiger partial charge in [-0.05, 0) is 18.2 Å². The average Bonchev–Trinajstić information content (AvgIpc) is 3.32. The number of oxazole rings is 1. The maximum atomic E-state index is 12.5. The Labute approximate surface area is 150 Å². The van der Waals surface area contributed by atoms with Crippen molar-refractivity contribution >= 4 is 5.91 Å². The second kappa shape index (κ2) is 6.95. The Hall–Kier alpha value is -3.22. The zero-order chi connectivity index (χ0) is 17.9. The number of benzene rings is 1. The second-order valence-electron chi connectivity index (χ2n) is 5.88. The largest absolute Gasteiger partial charge is 0.484 e. The monoisotopic (exact) mass is 354 g/mol. The lowest BCUT2D eigenvalue weighted by molar-refractivity contribution is 0.0680. The van der Waals surface area contributed by atoms with Crippen LogP contribution in [0.1, 0.15) is 27.9 Å². The van der Waals surface area contributed by atoms with Crippen LogP contribution in [-0.4, -0.2) is 29.4 Å². The molecule has 0 spiro atoms. The van der Waals surface area contributed by atoms with Gasteiger partial charge in [-0.15, -0.1) is 0 Å². The van der Waals surface area contributed by atoms with Crippen LogP contribution in [0, 0.1) is 0 Å². The van der Waals surface area contributed by atoms with Crippen molar-refractivity contribution in [3.63, 3.8) is 0 Å². The number of rotatable bonds is 5. The average molecular weight is 354 g/mol. The molecule has 7 heteroatoms. The van der Waals surface area contributed by atoms with E-state index in [-0.39, 0.29) is 18.3 Å². The SMILES string of the molecule is COc1ccc(C(=O)N2CCc3nc(COc4ccccc4)oc3C2)o1. The predicted molar refractivity (Wildman–Crippen MR) is 91.0 cm³/mol. The van der Waals surface area contributed by atoms with Crippen LogP contribution < -0.4 is 9.47 Å². The molecule has 1 aliphatic rings. The van der Waals surface area contributed by atoms with E-state index >= 15 is 0 Å². The fourth-order valence-electron chi connectivity index (χ4n) is 2.85. The van der Waals surface area contributed by atoms with Crippen LogP contribution in [0.4, 0.5) is 0 Å². The lowest BCUT2D eigenvalue weighted by Gasteiger charge is -2.24. The van der Waals surface area contributed by atoms with Crippen LogP contribution in [0.2, 0.25) is 0 Å². The summed E-state index contributed by atoms with van der Waals surface area (Å²) in [5.41, 5.74) is 0.873. The van der Waals surface area contributed by atoms with Crippen molar-refractivity contribution in [2.24, 2.45) is 0 Å². The molecule has 3 aromatic rings. The van der Waals surface area contributed by atoms with Crippen molar-refractivity contribution in [3.8, 4) is 11.7 Å². The third kappa shape index (κ3) is 3.28. The van der Waals surface area contributed by atoms with Crippen LogP contribution in [0.25, 0.3) is 0 Å². The summed E-state index contributed by atoms with van der Waals surface area (Å²) >= 11 is 0. The molecule has 0 N–H and O–H groups in total. The fraction of sp³-hybridized carbons (Fsp3) is 0.263. The number of hydrogen-bond acceptors (Lipinski definition) is 6. The summed E-state index contributed by atoms with van der Waals surface area (Å²) in [4.78, 5) is 18.7. The smallest absolute Gasteiger partial charge is 0.290 e. The van der Waals surface area contributed by atoms with Crippen LogP contribution in [0.3, 0.4) is 0 Å². The highest BCUT2D eigenvalue weighted by molar-refractivity contribution is 5.91. The molecule has 1 aromatic carbocycles. The standard InChI is InChI=1S/C19H18N2O5/c1-23-18-8-7-15(26-18)19(22)21-10-9-14-16(11-21)25-17(20-14)12-24-13-5-3-2-4-6-13/h2-8H,9-12H2,1H3. The van der Waals surface area contributed by atoms with Crippen LogP contribution in [0.15, 0.2) is 51.3 Å². The molecule has 1 aliphatic heterocycles. The van der Waals surface area contributed by atoms with Crippen molar-refractivity contribution < 1.29 is 23.1 Å². The minimum atomic E-state index is -0.197. The van der Waals surface area contributed by atoms with E-state index in [4.69, 9.17) is 18.3 Å². The zero-order valence-corrected chi connectivity index (χ0v) is 14.3. The minimum absolute atomic E-state index is 0.197. The van der Waals surface area contributed by atoms with Crippen molar-refractivity contribution in [1.29, 1.82) is 0 Å². The Bertz CT molecular complexity index is 900. The number of methoxy groups -OCH3 is 1. The van der Waals surface area contributed by atoms with Crippen molar-refractivity contribution in [1.82, 2.24) is 9.88 Å². The highest BCUT2D eigenvalue weighted by Gasteiger charge is 2.28. The summed E-state index contributed by atoms with van der Waals surface area (Å²) in [7, 11) is 1.49. The number of ether oxygens (including phenoxy) is 2. The van der Waals surface area contributed by atoms with Crippen molar-refractivity contribution in [3.05, 3.63) is 65.6 Å². The lowest BCUT2D eigenvalue weighted by atomic mass is 10.1. The molecule has 0 atom stereocenters. The number of furan rings is 1. The molecule has 134 valence electrons. The first-order valence-electron chi connectivity index (χ1n) is 8.31. The van der Waals surface area contributed by atoms with Crippen molar-refractivity contribution in [2.75, 3.05) is 13.7 Å². The van der Waals surface area contributed by atoms with Gasteiger partial charge < -0.3 is 23.2 Å². The molecule has 4 rings (SSSR count). The van der Waals surface area contributed by atoms with E-state index in [1.165, 1.54) is 7.11 Å². The first-order valence-corrected chi connectivity index (χ1v) is 8.31. The normalized spacial score (nSPS) is 13.3. The molecule has 2 aromatic heterocycles. The number of amides is 1. The van der Waals surface area contributed by atoms with Gasteiger partial charge in [-0.1, -0.05) is 18.2 Å². The van der Waals surface area contributed by atoms with Crippen LogP contribution in [-0.2, 0) is 19.6 Å². The second-order valence-corrected chi connectivity index (χ2v) is 5.88. The Balaban J connectivity index is 1.42. The summed E-state index contributed by atoms with van der Waals surface area (Å²) in [5, 5.41) is 0. The Morgan fingerprint density at radius 1 is 1.19 bits per heavy atom. The minimum Gasteiger partial charge on any atom is -0.484 e. The number of fused-ring (bicyclic) bond motifs is 1. The number of hydrogen-bond donors (Lipinski definition) is 0. The predicted octanol–water partition coefficient (Wildman–Crippen LogP) is 3.05. The van der Waals surface area contributed by atoms with Gasteiger partial charge in [0.25, 0.3) is 11.9 Å². The maximum Gasteiger partial charge on any atom is 0.290 e. The van der Waals surface area contributed by atoms with Gasteiger partial charge in [0, 0.05) is 19.0 Å². The summed E-state index contributed by atoms with van der Waals surface area (Å²) in [6.45, 7) is 1.16. The fourth-order valence-corrected chi connectivity index (χ4v) is 2.85. The molecule has 3 heterocycles. The Morgan fingerprint density at radius 2 is 2.04 bits per heavy atom. The summed E-state index contributed by atoms with van der Waals surface area (Å²) in [5.74, 6) is 2.32. The molecule has 7 nitrogen and oxygen atoms in total. The number of nitrogens with zero attached hydrogens (tertiary/aromatic N) is 2. The van der Waals surface area contributed by atoms with Crippen LogP contribution in [0.5, 0.6) is 11.7 Å². The molecule has 0 fully saturated rings. The van der Waals surface area contributed by atoms with E-state index in [9.17, 15) is 4.79 Å². The molecule has 0 radical (unpaired) electrons. The summed E-state index contributed by atoms with van der Waals surface area (Å²) in [6.07, 6.45) is 0.633. The van der Waals surface area contributed by atoms with E-state index in [2.05, 4.69) is 4.98 Å². The Kier molecular flexibility index (Phi) is 4.35. The van der Waals surface area contributed by atoms with Gasteiger partial charge in [0.05, 0.1) is 19.3 Å². The van der Waals surface area contributed by atoms with Crippen molar-refractivity contribution in [2.45, 2.75) is 19.6 Å². The third-order valence-corrected chi connectivity index (χ3v) is 4.16. The number of carbonyl (C=O) groups is 1. The Morgan fingerprint density at radius 3 is 2.81 bits per heavy atom. The molecule has 0 aliphatic carbocycles. The highest BCUT2D eigenvalue weighted by atomic mass is 16.6. The molecular formula is C19H18N2O5. The molecule has 0 saturated heterocycles.